The van der Waals surface area contributed by atoms with Crippen LogP contribution in [0, 0.1) is 0 Å². The minimum absolute atomic E-state index is 0.103. The molecule has 0 aliphatic heterocycles. The minimum Gasteiger partial charge on any atom is -0.496 e. The fourth-order valence-electron chi connectivity index (χ4n) is 2.24. The first-order valence-corrected chi connectivity index (χ1v) is 7.22. The van der Waals surface area contributed by atoms with E-state index in [0.29, 0.717) is 17.5 Å². The van der Waals surface area contributed by atoms with Crippen molar-refractivity contribution in [1.82, 2.24) is 14.9 Å². The summed E-state index contributed by atoms with van der Waals surface area (Å²) in [5, 5.41) is 3.56. The number of anilines is 2. The molecule has 0 fully saturated rings. The van der Waals surface area contributed by atoms with E-state index in [1.165, 1.54) is 0 Å². The van der Waals surface area contributed by atoms with Gasteiger partial charge in [0.1, 0.15) is 16.7 Å². The maximum absolute atomic E-state index is 5.89. The van der Waals surface area contributed by atoms with E-state index < -0.39 is 0 Å². The Hall–Kier alpha value is -2.05. The highest BCUT2D eigenvalue weighted by atomic mass is 35.5. The van der Waals surface area contributed by atoms with Crippen LogP contribution in [0.2, 0.25) is 5.15 Å². The van der Waals surface area contributed by atoms with Crippen LogP contribution in [0.5, 0.6) is 5.75 Å². The molecule has 1 aromatic heterocycles. The number of nitrogen functional groups attached to an aromatic ring is 1. The average Bonchev–Trinajstić information content (AvgIpc) is 2.46. The Bertz CT molecular complexity index is 615. The Kier molecular flexibility index (Phi) is 5.41. The van der Waals surface area contributed by atoms with Crippen molar-refractivity contribution in [2.75, 3.05) is 38.8 Å². The van der Waals surface area contributed by atoms with Crippen molar-refractivity contribution >= 4 is 23.4 Å². The zero-order valence-electron chi connectivity index (χ0n) is 12.9. The fourth-order valence-corrected chi connectivity index (χ4v) is 2.43. The number of ether oxygens (including phenoxy) is 1. The maximum atomic E-state index is 5.89. The lowest BCUT2D eigenvalue weighted by atomic mass is 10.0. The number of nitrogens with one attached hydrogen (secondary N) is 1. The molecule has 0 radical (unpaired) electrons. The van der Waals surface area contributed by atoms with Gasteiger partial charge in [-0.15, -0.1) is 0 Å². The highest BCUT2D eigenvalue weighted by molar-refractivity contribution is 6.29. The highest BCUT2D eigenvalue weighted by Crippen LogP contribution is 2.28. The van der Waals surface area contributed by atoms with E-state index in [1.54, 1.807) is 13.2 Å². The van der Waals surface area contributed by atoms with E-state index in [-0.39, 0.29) is 12.0 Å². The van der Waals surface area contributed by atoms with E-state index in [4.69, 9.17) is 22.1 Å². The number of hydrogen-bond donors (Lipinski definition) is 2. The zero-order valence-corrected chi connectivity index (χ0v) is 13.6. The maximum Gasteiger partial charge on any atom is 0.223 e. The van der Waals surface area contributed by atoms with Crippen LogP contribution in [-0.2, 0) is 0 Å². The molecule has 2 aromatic rings. The highest BCUT2D eigenvalue weighted by Gasteiger charge is 2.18. The van der Waals surface area contributed by atoms with Gasteiger partial charge in [-0.2, -0.15) is 4.98 Å². The Labute approximate surface area is 135 Å². The summed E-state index contributed by atoms with van der Waals surface area (Å²) < 4.78 is 5.45. The normalized spacial score (nSPS) is 12.2. The monoisotopic (exact) mass is 321 g/mol. The van der Waals surface area contributed by atoms with Crippen LogP contribution in [0.15, 0.2) is 30.3 Å². The molecule has 0 saturated heterocycles. The topological polar surface area (TPSA) is 76.3 Å². The lowest BCUT2D eigenvalue weighted by Gasteiger charge is -2.26. The van der Waals surface area contributed by atoms with Crippen LogP contribution in [0.3, 0.4) is 0 Å². The SMILES string of the molecule is COc1ccccc1[C@H](CNc1cc(Cl)nc(N)n1)N(C)C. The third-order valence-corrected chi connectivity index (χ3v) is 3.50. The second-order valence-electron chi connectivity index (χ2n) is 5.04. The van der Waals surface area contributed by atoms with Crippen molar-refractivity contribution in [3.05, 3.63) is 41.0 Å². The molecule has 1 atom stereocenters. The van der Waals surface area contributed by atoms with Crippen molar-refractivity contribution in [3.63, 3.8) is 0 Å². The molecule has 0 saturated carbocycles. The van der Waals surface area contributed by atoms with Crippen LogP contribution in [0.1, 0.15) is 11.6 Å². The summed E-state index contributed by atoms with van der Waals surface area (Å²) in [5.74, 6) is 1.59. The number of halogens is 1. The predicted molar refractivity (Wildman–Crippen MR) is 89.4 cm³/mol. The van der Waals surface area contributed by atoms with Gasteiger partial charge in [0.25, 0.3) is 0 Å². The van der Waals surface area contributed by atoms with Crippen LogP contribution in [0.25, 0.3) is 0 Å². The van der Waals surface area contributed by atoms with Gasteiger partial charge in [-0.25, -0.2) is 4.98 Å². The molecule has 7 heteroatoms. The molecule has 0 aliphatic rings. The van der Waals surface area contributed by atoms with Crippen molar-refractivity contribution in [2.24, 2.45) is 0 Å². The summed E-state index contributed by atoms with van der Waals surface area (Å²) in [6.45, 7) is 0.625. The number of rotatable bonds is 6. The van der Waals surface area contributed by atoms with E-state index in [2.05, 4.69) is 20.2 Å². The van der Waals surface area contributed by atoms with Gasteiger partial charge in [0, 0.05) is 18.2 Å². The summed E-state index contributed by atoms with van der Waals surface area (Å²) >= 11 is 5.89. The molecule has 1 aromatic carbocycles. The summed E-state index contributed by atoms with van der Waals surface area (Å²) in [7, 11) is 5.70. The van der Waals surface area contributed by atoms with E-state index in [9.17, 15) is 0 Å². The molecule has 2 rings (SSSR count). The van der Waals surface area contributed by atoms with Gasteiger partial charge in [-0.05, 0) is 20.2 Å². The third kappa shape index (κ3) is 3.99. The first-order valence-electron chi connectivity index (χ1n) is 6.84. The quantitative estimate of drug-likeness (QED) is 0.796. The van der Waals surface area contributed by atoms with Crippen LogP contribution in [-0.4, -0.2) is 42.6 Å². The molecule has 1 heterocycles. The van der Waals surface area contributed by atoms with Crippen LogP contribution in [0.4, 0.5) is 11.8 Å². The van der Waals surface area contributed by atoms with Crippen molar-refractivity contribution in [3.8, 4) is 5.75 Å². The molecule has 0 amide bonds. The zero-order chi connectivity index (χ0) is 16.1. The van der Waals surface area contributed by atoms with Gasteiger partial charge in [0.15, 0.2) is 0 Å². The van der Waals surface area contributed by atoms with E-state index in [0.717, 1.165) is 11.3 Å². The van der Waals surface area contributed by atoms with Crippen molar-refractivity contribution in [2.45, 2.75) is 6.04 Å². The van der Waals surface area contributed by atoms with Crippen LogP contribution < -0.4 is 15.8 Å². The van der Waals surface area contributed by atoms with E-state index in [1.807, 2.05) is 38.4 Å². The third-order valence-electron chi connectivity index (χ3n) is 3.31. The molecule has 0 spiro atoms. The number of benzene rings is 1. The standard InChI is InChI=1S/C15H20ClN5O/c1-21(2)11(10-6-4-5-7-12(10)22-3)9-18-14-8-13(16)19-15(17)20-14/h4-8,11H,9H2,1-3H3,(H3,17,18,19,20)/t11-/m0/s1. The lowest BCUT2D eigenvalue weighted by Crippen LogP contribution is -2.27. The number of nitrogens with zero attached hydrogens (tertiary/aromatic N) is 3. The second kappa shape index (κ2) is 7.29. The Balaban J connectivity index is 2.19. The van der Waals surface area contributed by atoms with Gasteiger partial charge in [0.05, 0.1) is 13.2 Å². The average molecular weight is 322 g/mol. The fraction of sp³-hybridized carbons (Fsp3) is 0.333. The van der Waals surface area contributed by atoms with Crippen molar-refractivity contribution < 1.29 is 4.74 Å². The molecule has 0 bridgehead atoms. The minimum atomic E-state index is 0.103. The number of para-hydroxylation sites is 1. The van der Waals surface area contributed by atoms with Gasteiger partial charge in [-0.3, -0.25) is 0 Å². The van der Waals surface area contributed by atoms with Crippen molar-refractivity contribution in [1.29, 1.82) is 0 Å². The molecule has 3 N–H and O–H groups in total. The number of methoxy groups -OCH3 is 1. The first-order chi connectivity index (χ1) is 10.5. The Morgan fingerprint density at radius 2 is 2.05 bits per heavy atom. The van der Waals surface area contributed by atoms with E-state index >= 15 is 0 Å². The summed E-state index contributed by atoms with van der Waals surface area (Å²) in [6, 6.07) is 9.69. The first kappa shape index (κ1) is 16.3. The summed E-state index contributed by atoms with van der Waals surface area (Å²) in [6.07, 6.45) is 0. The lowest BCUT2D eigenvalue weighted by molar-refractivity contribution is 0.300. The summed E-state index contributed by atoms with van der Waals surface area (Å²) in [4.78, 5) is 10.1. The molecule has 0 unspecified atom stereocenters. The predicted octanol–water partition coefficient (Wildman–Crippen LogP) is 2.44. The smallest absolute Gasteiger partial charge is 0.223 e. The number of nitrogens with two attached hydrogens (primary N) is 1. The Morgan fingerprint density at radius 3 is 2.68 bits per heavy atom. The molecule has 22 heavy (non-hydrogen) atoms. The molecule has 6 nitrogen and oxygen atoms in total. The van der Waals surface area contributed by atoms with Gasteiger partial charge < -0.3 is 20.7 Å². The molecule has 118 valence electrons. The van der Waals surface area contributed by atoms with Crippen LogP contribution >= 0.6 is 11.6 Å². The number of aromatic nitrogens is 2. The number of hydrogen-bond acceptors (Lipinski definition) is 6. The van der Waals surface area contributed by atoms with Gasteiger partial charge in [-0.1, -0.05) is 29.8 Å². The number of likely N-dealkylation sites (N-methyl/N-ethyl adjacent to an activating group) is 1. The molecule has 0 aliphatic carbocycles. The summed E-state index contributed by atoms with van der Waals surface area (Å²) in [5.41, 5.74) is 6.70. The Morgan fingerprint density at radius 1 is 1.32 bits per heavy atom. The largest absolute Gasteiger partial charge is 0.496 e. The second-order valence-corrected chi connectivity index (χ2v) is 5.42. The molecular formula is C15H20ClN5O. The van der Waals surface area contributed by atoms with Gasteiger partial charge in [0.2, 0.25) is 5.95 Å². The van der Waals surface area contributed by atoms with Gasteiger partial charge >= 0.3 is 0 Å². The molecular weight excluding hydrogens is 302 g/mol.